The van der Waals surface area contributed by atoms with E-state index in [1.165, 1.54) is 18.9 Å². The lowest BCUT2D eigenvalue weighted by atomic mass is 9.98. The number of thioether (sulfide) groups is 2. The maximum Gasteiger partial charge on any atom is 0.330 e. The van der Waals surface area contributed by atoms with E-state index in [9.17, 15) is 9.59 Å². The molecule has 2 aliphatic rings. The van der Waals surface area contributed by atoms with Crippen LogP contribution in [0.2, 0.25) is 0 Å². The number of oxazole rings is 1. The monoisotopic (exact) mass is 622 g/mol. The van der Waals surface area contributed by atoms with Crippen LogP contribution in [0.25, 0.3) is 22.6 Å². The molecule has 34 heavy (non-hydrogen) atoms. The van der Waals surface area contributed by atoms with Crippen molar-refractivity contribution in [1.82, 2.24) is 9.88 Å². The third-order valence-corrected chi connectivity index (χ3v) is 11.1. The fourth-order valence-corrected chi connectivity index (χ4v) is 8.38. The third kappa shape index (κ3) is 3.92. The highest BCUT2D eigenvalue weighted by atomic mass is 79.9. The van der Waals surface area contributed by atoms with Crippen molar-refractivity contribution in [2.24, 2.45) is 0 Å². The topological polar surface area (TPSA) is 72.6 Å². The van der Waals surface area contributed by atoms with Gasteiger partial charge in [-0.2, -0.15) is 0 Å². The summed E-state index contributed by atoms with van der Waals surface area (Å²) in [7, 11) is 1.35. The van der Waals surface area contributed by atoms with Gasteiger partial charge in [0, 0.05) is 16.9 Å². The number of aromatic nitrogens is 1. The van der Waals surface area contributed by atoms with Crippen molar-refractivity contribution in [3.8, 4) is 22.6 Å². The normalized spacial score (nSPS) is 25.1. The van der Waals surface area contributed by atoms with Crippen molar-refractivity contribution in [3.05, 3.63) is 60.7 Å². The summed E-state index contributed by atoms with van der Waals surface area (Å²) in [5.74, 6) is 0.589. The highest BCUT2D eigenvalue weighted by molar-refractivity contribution is 9.26. The summed E-state index contributed by atoms with van der Waals surface area (Å²) in [5, 5.41) is 0.284. The van der Waals surface area contributed by atoms with Crippen LogP contribution in [0.4, 0.5) is 0 Å². The van der Waals surface area contributed by atoms with Crippen LogP contribution in [0.1, 0.15) is 6.92 Å². The van der Waals surface area contributed by atoms with Crippen LogP contribution in [0, 0.1) is 0 Å². The Morgan fingerprint density at radius 3 is 2.38 bits per heavy atom. The van der Waals surface area contributed by atoms with Crippen LogP contribution in [-0.2, 0) is 14.3 Å². The molecule has 3 aromatic rings. The van der Waals surface area contributed by atoms with Gasteiger partial charge in [-0.1, -0.05) is 104 Å². The number of carbonyl (C=O) groups is 2. The molecule has 1 aromatic heterocycles. The second-order valence-corrected chi connectivity index (χ2v) is 14.3. The number of ether oxygens (including phenoxy) is 1. The van der Waals surface area contributed by atoms with Gasteiger partial charge in [-0.15, -0.1) is 11.8 Å². The van der Waals surface area contributed by atoms with Crippen LogP contribution in [-0.4, -0.2) is 54.0 Å². The molecule has 6 nitrogen and oxygen atoms in total. The lowest BCUT2D eigenvalue weighted by Gasteiger charge is -2.46. The van der Waals surface area contributed by atoms with Gasteiger partial charge in [-0.25, -0.2) is 9.78 Å². The summed E-state index contributed by atoms with van der Waals surface area (Å²) < 4.78 is 9.83. The SMILES string of the molecule is COC(=O)[C@@H]1N2C(=O)C(Br)(Br)[C@H]2S[C@@]1(C)CSc1nc(-c2ccccc2)c(-c2ccccc2)o1. The zero-order chi connectivity index (χ0) is 24.1. The van der Waals surface area contributed by atoms with Crippen molar-refractivity contribution >= 4 is 67.3 Å². The van der Waals surface area contributed by atoms with E-state index < -0.39 is 20.0 Å². The summed E-state index contributed by atoms with van der Waals surface area (Å²) in [6.45, 7) is 1.98. The summed E-state index contributed by atoms with van der Waals surface area (Å²) in [4.78, 5) is 31.8. The van der Waals surface area contributed by atoms with E-state index in [1.54, 1.807) is 16.7 Å². The Labute approximate surface area is 222 Å². The highest BCUT2D eigenvalue weighted by Crippen LogP contribution is 2.61. The smallest absolute Gasteiger partial charge is 0.330 e. The number of β-lactam (4-membered cyclic amide) rings is 1. The van der Waals surface area contributed by atoms with E-state index in [0.29, 0.717) is 16.7 Å². The first-order valence-electron chi connectivity index (χ1n) is 10.5. The number of benzene rings is 2. The van der Waals surface area contributed by atoms with Gasteiger partial charge in [-0.05, 0) is 6.92 Å². The molecule has 10 heteroatoms. The lowest BCUT2D eigenvalue weighted by molar-refractivity contribution is -0.159. The van der Waals surface area contributed by atoms with Gasteiger partial charge in [0.1, 0.15) is 17.1 Å². The molecular weight excluding hydrogens is 604 g/mol. The molecule has 0 unspecified atom stereocenters. The Kier molecular flexibility index (Phi) is 6.37. The number of nitrogens with zero attached hydrogens (tertiary/aromatic N) is 2. The van der Waals surface area contributed by atoms with E-state index in [1.807, 2.05) is 67.6 Å². The largest absolute Gasteiger partial charge is 0.467 e. The number of methoxy groups -OCH3 is 1. The van der Waals surface area contributed by atoms with Gasteiger partial charge >= 0.3 is 5.97 Å². The quantitative estimate of drug-likeness (QED) is 0.149. The molecule has 176 valence electrons. The molecule has 0 N–H and O–H groups in total. The molecule has 5 rings (SSSR count). The predicted molar refractivity (Wildman–Crippen MR) is 141 cm³/mol. The van der Waals surface area contributed by atoms with E-state index in [-0.39, 0.29) is 11.3 Å². The third-order valence-electron chi connectivity index (χ3n) is 5.92. The summed E-state index contributed by atoms with van der Waals surface area (Å²) in [6.07, 6.45) is 0. The summed E-state index contributed by atoms with van der Waals surface area (Å²) in [6, 6.07) is 19.1. The summed E-state index contributed by atoms with van der Waals surface area (Å²) >= 11 is 9.92. The lowest BCUT2D eigenvalue weighted by Crippen LogP contribution is -2.68. The minimum atomic E-state index is -0.872. The fraction of sp³-hybridized carbons (Fsp3) is 0.292. The molecule has 0 aliphatic carbocycles. The summed E-state index contributed by atoms with van der Waals surface area (Å²) in [5.41, 5.74) is 2.67. The molecular formula is C24H20Br2N2O4S2. The van der Waals surface area contributed by atoms with E-state index in [0.717, 1.165) is 16.8 Å². The number of halogens is 2. The Morgan fingerprint density at radius 1 is 1.15 bits per heavy atom. The first-order valence-corrected chi connectivity index (χ1v) is 13.9. The maximum absolute atomic E-state index is 12.7. The second kappa shape index (κ2) is 9.04. The Hall–Kier alpha value is -1.75. The van der Waals surface area contributed by atoms with Crippen LogP contribution in [0.15, 0.2) is 70.3 Å². The standard InChI is InChI=1S/C24H20Br2N2O4S2/c1-23(18(19(29)31-2)28-20(30)24(25,26)21(28)34-23)13-33-22-27-16(14-9-5-3-6-10-14)17(32-22)15-11-7-4-8-12-15/h3-12,18,21H,13H2,1-2H3/t18-,21+,23-/m0/s1. The van der Waals surface area contributed by atoms with E-state index in [2.05, 4.69) is 31.9 Å². The van der Waals surface area contributed by atoms with Crippen LogP contribution in [0.5, 0.6) is 0 Å². The fourth-order valence-electron chi connectivity index (χ4n) is 4.22. The zero-order valence-electron chi connectivity index (χ0n) is 18.2. The van der Waals surface area contributed by atoms with Gasteiger partial charge in [0.2, 0.25) is 0 Å². The van der Waals surface area contributed by atoms with Crippen molar-refractivity contribution in [1.29, 1.82) is 0 Å². The van der Waals surface area contributed by atoms with Crippen LogP contribution in [0.3, 0.4) is 0 Å². The molecule has 0 spiro atoms. The van der Waals surface area contributed by atoms with Crippen molar-refractivity contribution < 1.29 is 18.7 Å². The Bertz CT molecular complexity index is 1180. The number of hydrogen-bond acceptors (Lipinski definition) is 7. The van der Waals surface area contributed by atoms with Crippen LogP contribution < -0.4 is 0 Å². The predicted octanol–water partition coefficient (Wildman–Crippen LogP) is 5.80. The first-order chi connectivity index (χ1) is 16.3. The Morgan fingerprint density at radius 2 is 1.76 bits per heavy atom. The van der Waals surface area contributed by atoms with Crippen molar-refractivity contribution in [3.63, 3.8) is 0 Å². The number of esters is 1. The Balaban J connectivity index is 1.45. The van der Waals surface area contributed by atoms with Crippen molar-refractivity contribution in [2.75, 3.05) is 12.9 Å². The average molecular weight is 624 g/mol. The molecule has 2 aliphatic heterocycles. The highest BCUT2D eigenvalue weighted by Gasteiger charge is 2.71. The van der Waals surface area contributed by atoms with Crippen LogP contribution >= 0.6 is 55.4 Å². The van der Waals surface area contributed by atoms with E-state index >= 15 is 0 Å². The molecule has 2 fully saturated rings. The van der Waals surface area contributed by atoms with E-state index in [4.69, 9.17) is 14.1 Å². The molecule has 1 amide bonds. The number of fused-ring (bicyclic) bond motifs is 1. The van der Waals surface area contributed by atoms with Crippen molar-refractivity contribution in [2.45, 2.75) is 31.5 Å². The van der Waals surface area contributed by atoms with Gasteiger partial charge in [-0.3, -0.25) is 4.79 Å². The molecule has 0 radical (unpaired) electrons. The number of hydrogen-bond donors (Lipinski definition) is 0. The number of alkyl halides is 2. The number of amides is 1. The molecule has 2 saturated heterocycles. The number of carbonyl (C=O) groups excluding carboxylic acids is 2. The minimum Gasteiger partial charge on any atom is -0.467 e. The molecule has 3 atom stereocenters. The number of rotatable bonds is 6. The van der Waals surface area contributed by atoms with Gasteiger partial charge in [0.15, 0.2) is 8.99 Å². The van der Waals surface area contributed by atoms with Gasteiger partial charge in [0.25, 0.3) is 11.1 Å². The molecule has 0 bridgehead atoms. The molecule has 3 heterocycles. The zero-order valence-corrected chi connectivity index (χ0v) is 23.0. The maximum atomic E-state index is 12.7. The van der Waals surface area contributed by atoms with Gasteiger partial charge in [0.05, 0.1) is 11.9 Å². The first kappa shape index (κ1) is 24.0. The molecule has 0 saturated carbocycles. The average Bonchev–Trinajstić information content (AvgIpc) is 3.42. The molecule has 2 aromatic carbocycles. The van der Waals surface area contributed by atoms with Gasteiger partial charge < -0.3 is 14.1 Å². The minimum absolute atomic E-state index is 0.178. The second-order valence-electron chi connectivity index (χ2n) is 8.22.